The van der Waals surface area contributed by atoms with E-state index >= 15 is 0 Å². The number of anilines is 6. The van der Waals surface area contributed by atoms with Crippen LogP contribution in [0, 0.1) is 25.7 Å². The van der Waals surface area contributed by atoms with Crippen LogP contribution in [0.4, 0.5) is 34.1 Å². The summed E-state index contributed by atoms with van der Waals surface area (Å²) in [7, 11) is 0. The summed E-state index contributed by atoms with van der Waals surface area (Å²) in [6, 6.07) is 63.6. The van der Waals surface area contributed by atoms with Crippen molar-refractivity contribution in [3.8, 4) is 34.1 Å². The molecule has 0 spiro atoms. The van der Waals surface area contributed by atoms with E-state index in [1.807, 2.05) is 0 Å². The Morgan fingerprint density at radius 1 is 0.324 bits per heavy atom. The van der Waals surface area contributed by atoms with Crippen LogP contribution in [0.15, 0.2) is 170 Å². The van der Waals surface area contributed by atoms with E-state index in [1.54, 1.807) is 0 Å². The maximum absolute atomic E-state index is 3.60. The van der Waals surface area contributed by atoms with Gasteiger partial charge < -0.3 is 9.80 Å². The van der Waals surface area contributed by atoms with Crippen LogP contribution >= 0.6 is 0 Å². The van der Waals surface area contributed by atoms with Gasteiger partial charge in [0.15, 0.2) is 0 Å². The van der Waals surface area contributed by atoms with Gasteiger partial charge in [-0.3, -0.25) is 0 Å². The number of hydrogen-bond acceptors (Lipinski definition) is 2. The molecule has 0 N–H and O–H groups in total. The Morgan fingerprint density at radius 3 is 0.897 bits per heavy atom. The molecular formula is C66H64N2. The van der Waals surface area contributed by atoms with Gasteiger partial charge in [0.1, 0.15) is 0 Å². The first-order valence-corrected chi connectivity index (χ1v) is 24.3. The highest BCUT2D eigenvalue weighted by Crippen LogP contribution is 2.53. The number of benzene rings is 8. The monoisotopic (exact) mass is 885 g/mol. The molecule has 8 aromatic carbocycles. The summed E-state index contributed by atoms with van der Waals surface area (Å²) in [4.78, 5) is 4.79. The van der Waals surface area contributed by atoms with E-state index in [0.29, 0.717) is 0 Å². The third-order valence-electron chi connectivity index (χ3n) is 14.8. The number of fused-ring (bicyclic) bond motifs is 6. The zero-order valence-electron chi connectivity index (χ0n) is 42.1. The molecule has 2 aliphatic rings. The van der Waals surface area contributed by atoms with Gasteiger partial charge in [-0.25, -0.2) is 0 Å². The van der Waals surface area contributed by atoms with E-state index in [2.05, 4.69) is 275 Å². The van der Waals surface area contributed by atoms with Gasteiger partial charge in [-0.05, 0) is 177 Å². The minimum atomic E-state index is -0.208. The zero-order chi connectivity index (χ0) is 47.9. The van der Waals surface area contributed by atoms with Crippen LogP contribution in [0.5, 0.6) is 0 Å². The summed E-state index contributed by atoms with van der Waals surface area (Å²) < 4.78 is 0. The van der Waals surface area contributed by atoms with E-state index in [9.17, 15) is 0 Å². The third-order valence-corrected chi connectivity index (χ3v) is 14.8. The molecule has 0 fully saturated rings. The molecule has 0 saturated carbocycles. The Hall–Kier alpha value is -7.08. The molecule has 0 aliphatic heterocycles. The molecule has 0 bridgehead atoms. The summed E-state index contributed by atoms with van der Waals surface area (Å²) in [6.45, 7) is 27.4. The Bertz CT molecular complexity index is 3060. The maximum Gasteiger partial charge on any atom is 0.0465 e. The van der Waals surface area contributed by atoms with Crippen LogP contribution in [0.1, 0.15) is 125 Å². The molecule has 338 valence electrons. The number of rotatable bonds is 6. The molecule has 2 aliphatic carbocycles. The first-order chi connectivity index (χ1) is 32.3. The second kappa shape index (κ2) is 16.3. The van der Waals surface area contributed by atoms with Gasteiger partial charge in [-0.1, -0.05) is 165 Å². The van der Waals surface area contributed by atoms with Crippen LogP contribution in [-0.2, 0) is 21.7 Å². The summed E-state index contributed by atoms with van der Waals surface area (Å²) in [5, 5.41) is 0. The molecule has 0 saturated heterocycles. The molecule has 8 aromatic rings. The fourth-order valence-electron chi connectivity index (χ4n) is 10.5. The first-order valence-electron chi connectivity index (χ1n) is 24.3. The Morgan fingerprint density at radius 2 is 0.588 bits per heavy atom. The molecule has 0 aromatic heterocycles. The third kappa shape index (κ3) is 7.93. The number of nitrogens with zero attached hydrogens (tertiary/aromatic N) is 2. The molecular weight excluding hydrogens is 821 g/mol. The molecule has 2 heteroatoms. The highest BCUT2D eigenvalue weighted by atomic mass is 15.1. The Kier molecular flexibility index (Phi) is 10.7. The average Bonchev–Trinajstić information content (AvgIpc) is 3.67. The minimum Gasteiger partial charge on any atom is -0.310 e. The lowest BCUT2D eigenvalue weighted by Gasteiger charge is -2.29. The topological polar surface area (TPSA) is 6.48 Å². The predicted octanol–water partition coefficient (Wildman–Crippen LogP) is 17.9. The summed E-state index contributed by atoms with van der Waals surface area (Å²) in [5.41, 5.74) is 24.4. The van der Waals surface area contributed by atoms with Crippen LogP contribution in [0.25, 0.3) is 22.3 Å². The van der Waals surface area contributed by atoms with Crippen LogP contribution in [-0.4, -0.2) is 0 Å². The van der Waals surface area contributed by atoms with Crippen molar-refractivity contribution < 1.29 is 0 Å². The van der Waals surface area contributed by atoms with E-state index < -0.39 is 0 Å². The van der Waals surface area contributed by atoms with Crippen molar-refractivity contribution in [2.45, 2.75) is 105 Å². The lowest BCUT2D eigenvalue weighted by atomic mass is 9.81. The van der Waals surface area contributed by atoms with Crippen molar-refractivity contribution in [3.05, 3.63) is 225 Å². The van der Waals surface area contributed by atoms with Crippen LogP contribution in [0.3, 0.4) is 0 Å². The quantitative estimate of drug-likeness (QED) is 0.154. The predicted molar refractivity (Wildman–Crippen MR) is 290 cm³/mol. The fourth-order valence-corrected chi connectivity index (χ4v) is 10.5. The molecule has 0 unspecified atom stereocenters. The smallest absolute Gasteiger partial charge is 0.0465 e. The molecule has 68 heavy (non-hydrogen) atoms. The van der Waals surface area contributed by atoms with Gasteiger partial charge >= 0.3 is 0 Å². The van der Waals surface area contributed by atoms with Crippen molar-refractivity contribution in [2.24, 2.45) is 0 Å². The van der Waals surface area contributed by atoms with Gasteiger partial charge in [0.05, 0.1) is 0 Å². The van der Waals surface area contributed by atoms with Gasteiger partial charge in [0, 0.05) is 56.1 Å². The highest BCUT2D eigenvalue weighted by molar-refractivity contribution is 5.88. The summed E-state index contributed by atoms with van der Waals surface area (Å²) in [5.74, 6) is 7.20. The molecule has 0 heterocycles. The minimum absolute atomic E-state index is 0.0854. The van der Waals surface area contributed by atoms with Gasteiger partial charge in [0.25, 0.3) is 0 Å². The number of aryl methyl sites for hydroxylation is 2. The van der Waals surface area contributed by atoms with Crippen molar-refractivity contribution in [1.82, 2.24) is 0 Å². The lowest BCUT2D eigenvalue weighted by molar-refractivity contribution is 0.590. The molecule has 0 atom stereocenters. The zero-order valence-corrected chi connectivity index (χ0v) is 42.1. The molecule has 2 nitrogen and oxygen atoms in total. The Balaban J connectivity index is 0.943. The van der Waals surface area contributed by atoms with E-state index in [-0.39, 0.29) is 21.7 Å². The van der Waals surface area contributed by atoms with Crippen molar-refractivity contribution in [3.63, 3.8) is 0 Å². The van der Waals surface area contributed by atoms with Gasteiger partial charge in [-0.15, -0.1) is 0 Å². The normalized spacial score (nSPS) is 14.0. The lowest BCUT2D eigenvalue weighted by Crippen LogP contribution is -2.17. The van der Waals surface area contributed by atoms with Crippen molar-refractivity contribution in [2.75, 3.05) is 9.80 Å². The first kappa shape index (κ1) is 44.7. The molecule has 0 radical (unpaired) electrons. The standard InChI is InChI=1S/C66H64N2/c1-43-13-25-49(26-14-43)67(51-29-21-47(22-30-51)63(3,4)5)53-33-37-57-55-35-19-45(39-59(55)65(9,10)61(57)41-53)17-18-46-20-36-56-58-38-34-54(42-62(58)66(11,12)60(56)40-46)68(50-27-15-44(2)16-28-50)52-31-23-48(24-32-52)64(6,7)8/h13-16,19-42H,1-12H3. The molecule has 0 amide bonds. The second-order valence-corrected chi connectivity index (χ2v) is 22.4. The Labute approximate surface area is 406 Å². The molecule has 10 rings (SSSR count). The van der Waals surface area contributed by atoms with Gasteiger partial charge in [-0.2, -0.15) is 0 Å². The van der Waals surface area contributed by atoms with Crippen LogP contribution < -0.4 is 9.80 Å². The second-order valence-electron chi connectivity index (χ2n) is 22.4. The summed E-state index contributed by atoms with van der Waals surface area (Å²) >= 11 is 0. The maximum atomic E-state index is 3.60. The van der Waals surface area contributed by atoms with Crippen LogP contribution in [0.2, 0.25) is 0 Å². The number of hydrogen-bond donors (Lipinski definition) is 0. The van der Waals surface area contributed by atoms with Crippen molar-refractivity contribution >= 4 is 34.1 Å². The van der Waals surface area contributed by atoms with E-state index in [4.69, 9.17) is 0 Å². The van der Waals surface area contributed by atoms with E-state index in [0.717, 1.165) is 45.3 Å². The fraction of sp³-hybridized carbons (Fsp3) is 0.242. The van der Waals surface area contributed by atoms with Gasteiger partial charge in [0.2, 0.25) is 0 Å². The average molecular weight is 885 g/mol. The summed E-state index contributed by atoms with van der Waals surface area (Å²) in [6.07, 6.45) is 0. The largest absolute Gasteiger partial charge is 0.310 e. The van der Waals surface area contributed by atoms with E-state index in [1.165, 1.54) is 66.8 Å². The highest BCUT2D eigenvalue weighted by Gasteiger charge is 2.38. The van der Waals surface area contributed by atoms with Crippen molar-refractivity contribution in [1.29, 1.82) is 0 Å². The SMILES string of the molecule is Cc1ccc(N(c2ccc(C(C)(C)C)cc2)c2ccc3c(c2)C(C)(C)c2cc(C#Cc4ccc5c(c4)C(C)(C)c4cc(N(c6ccc(C)cc6)c6ccc(C(C)(C)C)cc6)ccc4-5)ccc2-3)cc1.